The monoisotopic (exact) mass is 508 g/mol. The molecule has 0 saturated heterocycles. The van der Waals surface area contributed by atoms with Gasteiger partial charge in [0.15, 0.2) is 0 Å². The highest BCUT2D eigenvalue weighted by molar-refractivity contribution is 7.98. The Morgan fingerprint density at radius 3 is 2.40 bits per heavy atom. The Hall–Kier alpha value is -1.12. The lowest BCUT2D eigenvalue weighted by Gasteiger charge is -2.22. The predicted octanol–water partition coefficient (Wildman–Crippen LogP) is 5.24. The van der Waals surface area contributed by atoms with Crippen molar-refractivity contribution in [1.29, 1.82) is 0 Å². The summed E-state index contributed by atoms with van der Waals surface area (Å²) in [5.41, 5.74) is 1.60. The zero-order chi connectivity index (χ0) is 22.1. The average Bonchev–Trinajstić information content (AvgIpc) is 2.68. The van der Waals surface area contributed by atoms with Gasteiger partial charge < -0.3 is 5.32 Å². The van der Waals surface area contributed by atoms with E-state index in [0.29, 0.717) is 33.7 Å². The summed E-state index contributed by atoms with van der Waals surface area (Å²) in [6.45, 7) is 0.762. The molecule has 10 heteroatoms. The molecule has 0 radical (unpaired) electrons. The van der Waals surface area contributed by atoms with Crippen LogP contribution in [0, 0.1) is 0 Å². The molecule has 0 aliphatic rings. The van der Waals surface area contributed by atoms with Crippen molar-refractivity contribution in [1.82, 2.24) is 5.32 Å². The van der Waals surface area contributed by atoms with Crippen molar-refractivity contribution in [2.45, 2.75) is 18.6 Å². The number of hydrogen-bond donors (Lipinski definition) is 1. The Morgan fingerprint density at radius 1 is 1.07 bits per heavy atom. The van der Waals surface area contributed by atoms with E-state index in [0.717, 1.165) is 23.3 Å². The van der Waals surface area contributed by atoms with Gasteiger partial charge in [-0.2, -0.15) is 11.8 Å². The Bertz CT molecular complexity index is 954. The normalized spacial score (nSPS) is 11.3. The van der Waals surface area contributed by atoms with Crippen LogP contribution >= 0.6 is 46.6 Å². The summed E-state index contributed by atoms with van der Waals surface area (Å²) in [6.07, 6.45) is 1.81. The second kappa shape index (κ2) is 12.1. The molecule has 0 aliphatic carbocycles. The fourth-order valence-corrected chi connectivity index (χ4v) is 4.87. The van der Waals surface area contributed by atoms with Crippen LogP contribution < -0.4 is 9.62 Å². The molecule has 0 saturated carbocycles. The van der Waals surface area contributed by atoms with Crippen LogP contribution in [0.1, 0.15) is 18.4 Å². The highest BCUT2D eigenvalue weighted by atomic mass is 35.5. The molecule has 0 atom stereocenters. The van der Waals surface area contributed by atoms with Crippen LogP contribution in [0.2, 0.25) is 15.1 Å². The molecule has 0 unspecified atom stereocenters. The summed E-state index contributed by atoms with van der Waals surface area (Å²) in [6, 6.07) is 12.1. The molecule has 164 valence electrons. The molecule has 2 aromatic carbocycles. The van der Waals surface area contributed by atoms with Crippen molar-refractivity contribution < 1.29 is 13.2 Å². The molecular weight excluding hydrogens is 487 g/mol. The Balaban J connectivity index is 1.69. The van der Waals surface area contributed by atoms with Gasteiger partial charge in [0.1, 0.15) is 0 Å². The van der Waals surface area contributed by atoms with E-state index in [4.69, 9.17) is 34.8 Å². The molecule has 30 heavy (non-hydrogen) atoms. The van der Waals surface area contributed by atoms with Gasteiger partial charge in [-0.15, -0.1) is 0 Å². The summed E-state index contributed by atoms with van der Waals surface area (Å²) in [5.74, 6) is 1.43. The summed E-state index contributed by atoms with van der Waals surface area (Å²) >= 11 is 19.4. The van der Waals surface area contributed by atoms with Crippen LogP contribution in [0.3, 0.4) is 0 Å². The molecule has 1 N–H and O–H groups in total. The number of rotatable bonds is 11. The predicted molar refractivity (Wildman–Crippen MR) is 129 cm³/mol. The molecule has 0 aliphatic heterocycles. The first-order valence-corrected chi connectivity index (χ1v) is 13.3. The molecule has 1 amide bonds. The van der Waals surface area contributed by atoms with Crippen LogP contribution in [-0.4, -0.2) is 39.4 Å². The zero-order valence-electron chi connectivity index (χ0n) is 16.4. The molecule has 0 heterocycles. The van der Waals surface area contributed by atoms with Gasteiger partial charge in [-0.1, -0.05) is 40.9 Å². The summed E-state index contributed by atoms with van der Waals surface area (Å²) < 4.78 is 25.4. The van der Waals surface area contributed by atoms with Gasteiger partial charge in [0.05, 0.1) is 22.0 Å². The van der Waals surface area contributed by atoms with Crippen molar-refractivity contribution in [2.24, 2.45) is 0 Å². The fraction of sp³-hybridized carbons (Fsp3) is 0.350. The average molecular weight is 510 g/mol. The van der Waals surface area contributed by atoms with E-state index in [-0.39, 0.29) is 18.9 Å². The van der Waals surface area contributed by atoms with E-state index in [1.807, 2.05) is 12.1 Å². The third kappa shape index (κ3) is 8.55. The lowest BCUT2D eigenvalue weighted by molar-refractivity contribution is -0.121. The zero-order valence-corrected chi connectivity index (χ0v) is 20.3. The van der Waals surface area contributed by atoms with Crippen LogP contribution in [0.5, 0.6) is 0 Å². The van der Waals surface area contributed by atoms with Crippen molar-refractivity contribution in [2.75, 3.05) is 29.4 Å². The minimum Gasteiger partial charge on any atom is -0.355 e. The number of halogens is 3. The number of nitrogens with zero attached hydrogens (tertiary/aromatic N) is 1. The molecule has 5 nitrogen and oxygen atoms in total. The molecule has 2 rings (SSSR count). The van der Waals surface area contributed by atoms with E-state index >= 15 is 0 Å². The molecular formula is C20H23Cl3N2O3S2. The van der Waals surface area contributed by atoms with E-state index < -0.39 is 10.0 Å². The quantitative estimate of drug-likeness (QED) is 0.421. The lowest BCUT2D eigenvalue weighted by atomic mass is 10.2. The van der Waals surface area contributed by atoms with E-state index in [1.54, 1.807) is 42.1 Å². The largest absolute Gasteiger partial charge is 0.355 e. The Morgan fingerprint density at radius 2 is 1.77 bits per heavy atom. The first kappa shape index (κ1) is 25.1. The fourth-order valence-electron chi connectivity index (χ4n) is 2.65. The van der Waals surface area contributed by atoms with Crippen LogP contribution in [0.4, 0.5) is 5.69 Å². The first-order chi connectivity index (χ1) is 14.2. The van der Waals surface area contributed by atoms with Crippen molar-refractivity contribution in [3.05, 3.63) is 63.1 Å². The topological polar surface area (TPSA) is 66.5 Å². The van der Waals surface area contributed by atoms with E-state index in [2.05, 4.69) is 5.32 Å². The van der Waals surface area contributed by atoms with Gasteiger partial charge in [-0.3, -0.25) is 9.10 Å². The molecule has 0 spiro atoms. The number of sulfonamides is 1. The third-order valence-corrected chi connectivity index (χ3v) is 7.32. The maximum Gasteiger partial charge on any atom is 0.232 e. The van der Waals surface area contributed by atoms with Crippen molar-refractivity contribution in [3.63, 3.8) is 0 Å². The minimum atomic E-state index is -3.45. The van der Waals surface area contributed by atoms with E-state index in [9.17, 15) is 13.2 Å². The summed E-state index contributed by atoms with van der Waals surface area (Å²) in [4.78, 5) is 12.0. The number of carbonyl (C=O) groups excluding carboxylic acids is 1. The third-order valence-electron chi connectivity index (χ3n) is 4.10. The van der Waals surface area contributed by atoms with Gasteiger partial charge in [-0.25, -0.2) is 8.42 Å². The smallest absolute Gasteiger partial charge is 0.232 e. The van der Waals surface area contributed by atoms with Crippen LogP contribution in [0.25, 0.3) is 0 Å². The van der Waals surface area contributed by atoms with Gasteiger partial charge >= 0.3 is 0 Å². The van der Waals surface area contributed by atoms with Crippen molar-refractivity contribution in [3.8, 4) is 0 Å². The highest BCUT2D eigenvalue weighted by Gasteiger charge is 2.17. The summed E-state index contributed by atoms with van der Waals surface area (Å²) in [5, 5.41) is 4.45. The standard InChI is InChI=1S/C20H23Cl3N2O3S2/c1-30(27,28)25(17-7-5-16(21)6-8-17)11-2-3-20(26)24-10-12-29-14-15-4-9-18(22)19(23)13-15/h4-9,13H,2-3,10-12,14H2,1H3,(H,24,26). The van der Waals surface area contributed by atoms with Crippen LogP contribution in [-0.2, 0) is 20.6 Å². The van der Waals surface area contributed by atoms with Gasteiger partial charge in [0.2, 0.25) is 15.9 Å². The van der Waals surface area contributed by atoms with Crippen LogP contribution in [0.15, 0.2) is 42.5 Å². The SMILES string of the molecule is CS(=O)(=O)N(CCCC(=O)NCCSCc1ccc(Cl)c(Cl)c1)c1ccc(Cl)cc1. The number of benzene rings is 2. The molecule has 0 bridgehead atoms. The van der Waals surface area contributed by atoms with Crippen molar-refractivity contribution >= 4 is 68.2 Å². The number of amides is 1. The molecule has 0 fully saturated rings. The highest BCUT2D eigenvalue weighted by Crippen LogP contribution is 2.24. The van der Waals surface area contributed by atoms with Gasteiger partial charge in [-0.05, 0) is 48.4 Å². The Labute approximate surface area is 197 Å². The second-order valence-electron chi connectivity index (χ2n) is 6.57. The number of carbonyl (C=O) groups is 1. The molecule has 0 aromatic heterocycles. The number of thioether (sulfide) groups is 1. The van der Waals surface area contributed by atoms with Gasteiger partial charge in [0.25, 0.3) is 0 Å². The molecule has 2 aromatic rings. The number of nitrogens with one attached hydrogen (secondary N) is 1. The van der Waals surface area contributed by atoms with Gasteiger partial charge in [0, 0.05) is 36.0 Å². The maximum atomic E-state index is 12.1. The second-order valence-corrected chi connectivity index (χ2v) is 10.8. The minimum absolute atomic E-state index is 0.102. The number of hydrogen-bond acceptors (Lipinski definition) is 4. The number of anilines is 1. The summed E-state index contributed by atoms with van der Waals surface area (Å²) in [7, 11) is -3.45. The maximum absolute atomic E-state index is 12.1. The first-order valence-electron chi connectivity index (χ1n) is 9.18. The van der Waals surface area contributed by atoms with E-state index in [1.165, 1.54) is 4.31 Å². The lowest BCUT2D eigenvalue weighted by Crippen LogP contribution is -2.32. The Kier molecular flexibility index (Phi) is 10.1.